The van der Waals surface area contributed by atoms with Gasteiger partial charge >= 0.3 is 0 Å². The van der Waals surface area contributed by atoms with Crippen molar-refractivity contribution in [2.45, 2.75) is 93.2 Å². The van der Waals surface area contributed by atoms with Crippen molar-refractivity contribution >= 4 is 44.3 Å². The zero-order valence-electron chi connectivity index (χ0n) is 33.6. The molecule has 3 fully saturated rings. The third-order valence-corrected chi connectivity index (χ3v) is 14.4. The van der Waals surface area contributed by atoms with E-state index in [1.165, 1.54) is 0 Å². The number of allylic oxidation sites excluding steroid dienone is 1. The minimum absolute atomic E-state index is 0.0864. The van der Waals surface area contributed by atoms with Gasteiger partial charge in [0, 0.05) is 47.2 Å². The Morgan fingerprint density at radius 3 is 2.47 bits per heavy atom. The molecule has 3 N–H and O–H groups in total. The molecule has 0 unspecified atom stereocenters. The van der Waals surface area contributed by atoms with Gasteiger partial charge < -0.3 is 29.7 Å². The maximum absolute atomic E-state index is 14.9. The normalized spacial score (nSPS) is 25.9. The smallest absolute Gasteiger partial charge is 0.259 e. The first kappa shape index (κ1) is 40.2. The highest BCUT2D eigenvalue weighted by atomic mass is 32.2. The van der Waals surface area contributed by atoms with Crippen molar-refractivity contribution in [3.8, 4) is 28.5 Å². The maximum Gasteiger partial charge on any atom is 0.259 e. The van der Waals surface area contributed by atoms with Crippen molar-refractivity contribution < 1.29 is 37.0 Å². The fraction of sp³-hybridized carbons (Fsp3) is 0.422. The van der Waals surface area contributed by atoms with Gasteiger partial charge in [-0.3, -0.25) is 19.1 Å². The molecule has 1 saturated heterocycles. The van der Waals surface area contributed by atoms with Crippen molar-refractivity contribution in [1.82, 2.24) is 19.9 Å². The topological polar surface area (TPSA) is 165 Å². The number of ether oxygens (including phenoxy) is 3. The van der Waals surface area contributed by atoms with Gasteiger partial charge in [0.05, 0.1) is 36.7 Å². The fourth-order valence-corrected chi connectivity index (χ4v) is 9.51. The lowest BCUT2D eigenvalue weighted by Gasteiger charge is -2.30. The van der Waals surface area contributed by atoms with Gasteiger partial charge in [0.2, 0.25) is 21.8 Å². The number of nitrogens with one attached hydrogen (secondary N) is 3. The van der Waals surface area contributed by atoms with Crippen LogP contribution in [-0.2, 0) is 24.4 Å². The van der Waals surface area contributed by atoms with Gasteiger partial charge in [0.25, 0.3) is 5.91 Å². The number of benzene rings is 3. The predicted octanol–water partition coefficient (Wildman–Crippen LogP) is 6.14. The molecule has 2 aliphatic carbocycles. The number of hydrogen-bond acceptors (Lipinski definition) is 10. The molecule has 59 heavy (non-hydrogen) atoms. The molecule has 2 aliphatic heterocycles. The van der Waals surface area contributed by atoms with E-state index >= 15 is 0 Å². The number of pyridine rings is 1. The quantitative estimate of drug-likeness (QED) is 0.158. The first-order chi connectivity index (χ1) is 28.4. The molecule has 14 heteroatoms. The maximum atomic E-state index is 14.9. The van der Waals surface area contributed by atoms with Crippen LogP contribution >= 0.6 is 0 Å². The Bertz CT molecular complexity index is 2390. The Balaban J connectivity index is 1.14. The van der Waals surface area contributed by atoms with Crippen LogP contribution in [0.2, 0.25) is 0 Å². The molecule has 0 radical (unpaired) electrons. The number of hydrogen-bond donors (Lipinski definition) is 3. The van der Waals surface area contributed by atoms with E-state index in [9.17, 15) is 22.8 Å². The summed E-state index contributed by atoms with van der Waals surface area (Å²) < 4.78 is 45.6. The zero-order valence-corrected chi connectivity index (χ0v) is 34.4. The summed E-state index contributed by atoms with van der Waals surface area (Å²) in [5.74, 6) is -0.191. The minimum Gasteiger partial charge on any atom is -0.497 e. The Morgan fingerprint density at radius 1 is 0.932 bits per heavy atom. The van der Waals surface area contributed by atoms with Crippen molar-refractivity contribution in [3.63, 3.8) is 0 Å². The number of methoxy groups -OCH3 is 2. The van der Waals surface area contributed by atoms with Gasteiger partial charge in [-0.25, -0.2) is 13.4 Å². The Morgan fingerprint density at radius 2 is 1.71 bits per heavy atom. The van der Waals surface area contributed by atoms with Crippen LogP contribution in [0.4, 0.5) is 5.69 Å². The van der Waals surface area contributed by atoms with Crippen LogP contribution < -0.4 is 29.6 Å². The van der Waals surface area contributed by atoms with E-state index in [-0.39, 0.29) is 25.3 Å². The number of nitrogens with zero attached hydrogens (tertiary/aromatic N) is 2. The average molecular weight is 822 g/mol. The summed E-state index contributed by atoms with van der Waals surface area (Å²) in [7, 11) is -0.799. The average Bonchev–Trinajstić information content (AvgIpc) is 4.12. The molecule has 1 aromatic heterocycles. The Hall–Kier alpha value is -5.63. The van der Waals surface area contributed by atoms with Crippen molar-refractivity contribution in [1.29, 1.82) is 0 Å². The van der Waals surface area contributed by atoms with Gasteiger partial charge in [0.15, 0.2) is 0 Å². The van der Waals surface area contributed by atoms with Crippen molar-refractivity contribution in [2.75, 3.05) is 26.1 Å². The van der Waals surface area contributed by atoms with Crippen LogP contribution in [0.5, 0.6) is 17.2 Å². The summed E-state index contributed by atoms with van der Waals surface area (Å²) in [5.41, 5.74) is 1.44. The third-order valence-electron chi connectivity index (χ3n) is 12.2. The van der Waals surface area contributed by atoms with Crippen molar-refractivity contribution in [2.24, 2.45) is 5.92 Å². The molecule has 0 spiro atoms. The van der Waals surface area contributed by atoms with E-state index in [1.807, 2.05) is 91.0 Å². The molecule has 8 rings (SSSR count). The number of amides is 3. The second-order valence-corrected chi connectivity index (χ2v) is 18.6. The van der Waals surface area contributed by atoms with Crippen LogP contribution in [-0.4, -0.2) is 85.3 Å². The van der Waals surface area contributed by atoms with E-state index in [1.54, 1.807) is 26.0 Å². The van der Waals surface area contributed by atoms with Gasteiger partial charge in [-0.05, 0) is 69.7 Å². The Labute approximate surface area is 344 Å². The molecule has 13 nitrogen and oxygen atoms in total. The lowest BCUT2D eigenvalue weighted by molar-refractivity contribution is -0.140. The molecular weight excluding hydrogens is 771 g/mol. The molecule has 3 amide bonds. The third kappa shape index (κ3) is 8.32. The highest BCUT2D eigenvalue weighted by Crippen LogP contribution is 2.47. The molecule has 4 aromatic rings. The van der Waals surface area contributed by atoms with Crippen molar-refractivity contribution in [3.05, 3.63) is 91.0 Å². The monoisotopic (exact) mass is 821 g/mol. The summed E-state index contributed by atoms with van der Waals surface area (Å²) in [6, 6.07) is 22.8. The molecule has 3 aromatic carbocycles. The number of rotatable bonds is 10. The summed E-state index contributed by atoms with van der Waals surface area (Å²) in [6.45, 7) is 1.70. The first-order valence-electron chi connectivity index (χ1n) is 20.4. The molecule has 0 bridgehead atoms. The molecule has 2 saturated carbocycles. The molecular formula is C45H51N5O8S. The highest BCUT2D eigenvalue weighted by Gasteiger charge is 2.63. The van der Waals surface area contributed by atoms with E-state index in [0.717, 1.165) is 36.6 Å². The van der Waals surface area contributed by atoms with Crippen LogP contribution in [0.1, 0.15) is 64.7 Å². The summed E-state index contributed by atoms with van der Waals surface area (Å²) in [5, 5.41) is 7.15. The van der Waals surface area contributed by atoms with E-state index in [0.29, 0.717) is 53.4 Å². The second-order valence-electron chi connectivity index (χ2n) is 16.4. The lowest BCUT2D eigenvalue weighted by Crippen LogP contribution is -2.58. The number of anilines is 1. The van der Waals surface area contributed by atoms with Gasteiger partial charge in [0.1, 0.15) is 41.0 Å². The Kier molecular flexibility index (Phi) is 11.0. The first-order valence-corrected chi connectivity index (χ1v) is 21.9. The minimum atomic E-state index is -3.98. The van der Waals surface area contributed by atoms with Crippen LogP contribution in [0.25, 0.3) is 22.2 Å². The van der Waals surface area contributed by atoms with E-state index < -0.39 is 56.2 Å². The lowest BCUT2D eigenvalue weighted by atomic mass is 10.0. The van der Waals surface area contributed by atoms with E-state index in [2.05, 4.69) is 15.4 Å². The number of aromatic nitrogens is 1. The number of carbonyl (C=O) groups is 3. The fourth-order valence-electron chi connectivity index (χ4n) is 8.20. The molecule has 310 valence electrons. The number of carbonyl (C=O) groups excluding carboxylic acids is 3. The largest absolute Gasteiger partial charge is 0.497 e. The molecule has 3 heterocycles. The van der Waals surface area contributed by atoms with Crippen LogP contribution in [0.3, 0.4) is 0 Å². The zero-order chi connectivity index (χ0) is 41.4. The summed E-state index contributed by atoms with van der Waals surface area (Å²) in [6.07, 6.45) is 8.30. The second kappa shape index (κ2) is 16.2. The van der Waals surface area contributed by atoms with Gasteiger partial charge in [-0.15, -0.1) is 0 Å². The molecule has 5 atom stereocenters. The molecule has 4 aliphatic rings. The van der Waals surface area contributed by atoms with E-state index in [4.69, 9.17) is 19.2 Å². The van der Waals surface area contributed by atoms with Gasteiger partial charge in [-0.2, -0.15) is 0 Å². The number of sulfonamides is 1. The number of fused-ring (bicyclic) bond motifs is 3. The summed E-state index contributed by atoms with van der Waals surface area (Å²) >= 11 is 0. The van der Waals surface area contributed by atoms with Crippen LogP contribution in [0.15, 0.2) is 91.0 Å². The summed E-state index contributed by atoms with van der Waals surface area (Å²) in [4.78, 5) is 50.1. The van der Waals surface area contributed by atoms with Gasteiger partial charge in [-0.1, -0.05) is 61.4 Å². The van der Waals surface area contributed by atoms with Crippen LogP contribution in [0, 0.1) is 5.92 Å². The standard InChI is InChI=1S/C45H51N5O8S/c1-44(21-22-44)59(54,55)49-43(53)45-27-30(45)15-10-5-4-6-11-18-36(46-31-16-12-17-32(23-31)56-2)42(52)50-28-34(25-39(50)41(51)48-45)58-40-26-37(29-13-8-7-9-14-29)47-38-24-33(57-3)19-20-35(38)40/h7-10,12-17,19-20,23-24,26,30,34,36,39,46H,4-6,11,18,21-22,25,27-28H2,1-3H3,(H,48,51)(H,49,53)/b15-10-/t30-,34+,36-,39-,45+/m0/s1. The highest BCUT2D eigenvalue weighted by molar-refractivity contribution is 7.91. The predicted molar refractivity (Wildman–Crippen MR) is 225 cm³/mol. The SMILES string of the molecule is COc1cccc(N[C@H]2CCCCC/C=C\[C@H]3C[C@@]3(C(=O)NS(=O)(=O)C3(C)CC3)NC(=O)[C@@H]3C[C@@H](Oc4cc(-c5ccccc5)nc5cc(OC)ccc45)CN3C2=O)c1.